The number of aromatic amines is 1. The number of carbonyl (C=O) groups is 1. The van der Waals surface area contributed by atoms with Crippen LogP contribution in [0.3, 0.4) is 0 Å². The fraction of sp³-hybridized carbons (Fsp3) is 0.318. The summed E-state index contributed by atoms with van der Waals surface area (Å²) in [6.07, 6.45) is 4.89. The molecule has 0 aliphatic carbocycles. The summed E-state index contributed by atoms with van der Waals surface area (Å²) >= 11 is 0. The summed E-state index contributed by atoms with van der Waals surface area (Å²) in [6.45, 7) is 4.35. The van der Waals surface area contributed by atoms with E-state index in [2.05, 4.69) is 22.0 Å². The molecule has 3 aromatic heterocycles. The molecule has 9 nitrogen and oxygen atoms in total. The highest BCUT2D eigenvalue weighted by molar-refractivity contribution is 6.07. The fourth-order valence-corrected chi connectivity index (χ4v) is 3.63. The highest BCUT2D eigenvalue weighted by Gasteiger charge is 2.20. The summed E-state index contributed by atoms with van der Waals surface area (Å²) in [5.41, 5.74) is 2.42. The van der Waals surface area contributed by atoms with Gasteiger partial charge in [0.1, 0.15) is 17.1 Å². The summed E-state index contributed by atoms with van der Waals surface area (Å²) in [5.74, 6) is 0.959. The molecule has 1 aromatic carbocycles. The second-order valence-electron chi connectivity index (χ2n) is 7.27. The fourth-order valence-electron chi connectivity index (χ4n) is 3.63. The van der Waals surface area contributed by atoms with E-state index in [1.54, 1.807) is 53.9 Å². The second kappa shape index (κ2) is 8.17. The molecule has 0 saturated carbocycles. The molecule has 0 saturated heterocycles. The minimum atomic E-state index is -0.291. The molecule has 160 valence electrons. The lowest BCUT2D eigenvalue weighted by Gasteiger charge is -2.12. The molecule has 0 amide bonds. The zero-order valence-electron chi connectivity index (χ0n) is 18.0. The van der Waals surface area contributed by atoms with Crippen LogP contribution in [0.15, 0.2) is 35.4 Å². The average molecular weight is 420 g/mol. The smallest absolute Gasteiger partial charge is 0.277 e. The van der Waals surface area contributed by atoms with Gasteiger partial charge in [-0.05, 0) is 31.5 Å². The van der Waals surface area contributed by atoms with Crippen molar-refractivity contribution in [2.45, 2.75) is 26.7 Å². The van der Waals surface area contributed by atoms with Crippen molar-refractivity contribution < 1.29 is 9.53 Å². The van der Waals surface area contributed by atoms with Gasteiger partial charge in [-0.3, -0.25) is 14.3 Å². The molecule has 0 fully saturated rings. The van der Waals surface area contributed by atoms with Gasteiger partial charge in [0, 0.05) is 32.1 Å². The van der Waals surface area contributed by atoms with E-state index >= 15 is 0 Å². The largest absolute Gasteiger partial charge is 0.493 e. The lowest BCUT2D eigenvalue weighted by atomic mass is 10.0. The Hall–Kier alpha value is -3.75. The lowest BCUT2D eigenvalue weighted by molar-refractivity contribution is 0.102. The number of ketones is 1. The molecule has 0 aliphatic heterocycles. The standard InChI is InChI=1S/C22H24N6O3/c1-5-7-15-17-18(28(4)26-15)22(30)25-20(24-17)14-12-13(8-9-16(14)31-6-2)19(29)21-23-10-11-27(21)3/h8-12H,5-7H2,1-4H3,(H,24,25,30). The maximum atomic E-state index is 13.0. The van der Waals surface area contributed by atoms with Crippen LogP contribution in [0.25, 0.3) is 22.4 Å². The molecular weight excluding hydrogens is 396 g/mol. The number of nitrogens with zero attached hydrogens (tertiary/aromatic N) is 5. The number of benzene rings is 1. The topological polar surface area (TPSA) is 108 Å². The minimum Gasteiger partial charge on any atom is -0.493 e. The van der Waals surface area contributed by atoms with Crippen LogP contribution in [0, 0.1) is 0 Å². The van der Waals surface area contributed by atoms with Gasteiger partial charge in [0.05, 0.1) is 17.9 Å². The molecule has 31 heavy (non-hydrogen) atoms. The molecule has 4 rings (SSSR count). The molecule has 0 radical (unpaired) electrons. The van der Waals surface area contributed by atoms with Crippen molar-refractivity contribution in [3.8, 4) is 17.1 Å². The highest BCUT2D eigenvalue weighted by atomic mass is 16.5. The molecular formula is C22H24N6O3. The summed E-state index contributed by atoms with van der Waals surface area (Å²) in [6, 6.07) is 5.09. The molecule has 4 aromatic rings. The van der Waals surface area contributed by atoms with Gasteiger partial charge in [-0.15, -0.1) is 0 Å². The van der Waals surface area contributed by atoms with E-state index in [-0.39, 0.29) is 11.3 Å². The Kier molecular flexibility index (Phi) is 5.41. The SMILES string of the molecule is CCCc1nn(C)c2c(=O)[nH]c(-c3cc(C(=O)c4nccn4C)ccc3OCC)nc12. The van der Waals surface area contributed by atoms with Gasteiger partial charge in [0.25, 0.3) is 5.56 Å². The maximum Gasteiger partial charge on any atom is 0.277 e. The van der Waals surface area contributed by atoms with Crippen LogP contribution in [0.5, 0.6) is 5.75 Å². The van der Waals surface area contributed by atoms with E-state index in [1.807, 2.05) is 6.92 Å². The third-order valence-corrected chi connectivity index (χ3v) is 5.07. The van der Waals surface area contributed by atoms with E-state index in [9.17, 15) is 9.59 Å². The Morgan fingerprint density at radius 3 is 2.71 bits per heavy atom. The molecule has 1 N–H and O–H groups in total. The molecule has 0 unspecified atom stereocenters. The molecule has 0 spiro atoms. The summed E-state index contributed by atoms with van der Waals surface area (Å²) in [4.78, 5) is 37.5. The Morgan fingerprint density at radius 1 is 1.23 bits per heavy atom. The van der Waals surface area contributed by atoms with Crippen LogP contribution < -0.4 is 10.3 Å². The van der Waals surface area contributed by atoms with Gasteiger partial charge in [0.15, 0.2) is 11.3 Å². The van der Waals surface area contributed by atoms with Crippen molar-refractivity contribution in [3.05, 3.63) is 58.0 Å². The van der Waals surface area contributed by atoms with Crippen LogP contribution in [0.1, 0.15) is 42.1 Å². The highest BCUT2D eigenvalue weighted by Crippen LogP contribution is 2.30. The van der Waals surface area contributed by atoms with Crippen molar-refractivity contribution in [2.24, 2.45) is 14.1 Å². The van der Waals surface area contributed by atoms with Gasteiger partial charge in [-0.1, -0.05) is 13.3 Å². The predicted molar refractivity (Wildman–Crippen MR) is 116 cm³/mol. The number of carbonyl (C=O) groups excluding carboxylic acids is 1. The monoisotopic (exact) mass is 420 g/mol. The minimum absolute atomic E-state index is 0.228. The van der Waals surface area contributed by atoms with Crippen molar-refractivity contribution in [2.75, 3.05) is 6.61 Å². The van der Waals surface area contributed by atoms with Crippen molar-refractivity contribution >= 4 is 16.8 Å². The van der Waals surface area contributed by atoms with E-state index in [4.69, 9.17) is 9.72 Å². The lowest BCUT2D eigenvalue weighted by Crippen LogP contribution is -2.13. The van der Waals surface area contributed by atoms with Gasteiger partial charge in [0.2, 0.25) is 5.78 Å². The quantitative estimate of drug-likeness (QED) is 0.461. The number of aromatic nitrogens is 6. The Labute approximate surface area is 178 Å². The van der Waals surface area contributed by atoms with Crippen LogP contribution in [-0.4, -0.2) is 41.7 Å². The number of imidazole rings is 1. The number of hydrogen-bond acceptors (Lipinski definition) is 6. The summed E-state index contributed by atoms with van der Waals surface area (Å²) in [5, 5.41) is 4.46. The zero-order valence-corrected chi connectivity index (χ0v) is 18.0. The first-order valence-corrected chi connectivity index (χ1v) is 10.2. The molecule has 0 aliphatic rings. The number of aryl methyl sites for hydroxylation is 3. The van der Waals surface area contributed by atoms with Crippen molar-refractivity contribution in [1.29, 1.82) is 0 Å². The van der Waals surface area contributed by atoms with Gasteiger partial charge in [-0.2, -0.15) is 5.10 Å². The van der Waals surface area contributed by atoms with Gasteiger partial charge in [-0.25, -0.2) is 9.97 Å². The van der Waals surface area contributed by atoms with E-state index in [0.717, 1.165) is 12.1 Å². The molecule has 0 atom stereocenters. The molecule has 3 heterocycles. The first-order chi connectivity index (χ1) is 14.9. The number of ether oxygens (including phenoxy) is 1. The number of H-pyrrole nitrogens is 1. The Morgan fingerprint density at radius 2 is 2.03 bits per heavy atom. The Balaban J connectivity index is 1.90. The first-order valence-electron chi connectivity index (χ1n) is 10.2. The second-order valence-corrected chi connectivity index (χ2v) is 7.27. The van der Waals surface area contributed by atoms with Crippen LogP contribution in [0.4, 0.5) is 0 Å². The third kappa shape index (κ3) is 3.63. The van der Waals surface area contributed by atoms with Crippen molar-refractivity contribution in [1.82, 2.24) is 29.3 Å². The molecule has 9 heteroatoms. The summed E-state index contributed by atoms with van der Waals surface area (Å²) in [7, 11) is 3.50. The number of fused-ring (bicyclic) bond motifs is 1. The summed E-state index contributed by atoms with van der Waals surface area (Å²) < 4.78 is 8.98. The first kappa shape index (κ1) is 20.5. The van der Waals surface area contributed by atoms with E-state index < -0.39 is 0 Å². The van der Waals surface area contributed by atoms with Crippen LogP contribution in [-0.2, 0) is 20.5 Å². The van der Waals surface area contributed by atoms with Crippen LogP contribution >= 0.6 is 0 Å². The van der Waals surface area contributed by atoms with Gasteiger partial charge < -0.3 is 14.3 Å². The van der Waals surface area contributed by atoms with E-state index in [0.29, 0.717) is 52.6 Å². The van der Waals surface area contributed by atoms with Crippen LogP contribution in [0.2, 0.25) is 0 Å². The number of hydrogen-bond donors (Lipinski definition) is 1. The predicted octanol–water partition coefficient (Wildman–Crippen LogP) is 2.64. The number of nitrogens with one attached hydrogen (secondary N) is 1. The van der Waals surface area contributed by atoms with Crippen molar-refractivity contribution in [3.63, 3.8) is 0 Å². The zero-order chi connectivity index (χ0) is 22.1. The molecule has 0 bridgehead atoms. The van der Waals surface area contributed by atoms with E-state index in [1.165, 1.54) is 0 Å². The van der Waals surface area contributed by atoms with Gasteiger partial charge >= 0.3 is 0 Å². The average Bonchev–Trinajstić information content (AvgIpc) is 3.31. The normalized spacial score (nSPS) is 11.2. The third-order valence-electron chi connectivity index (χ3n) is 5.07. The maximum absolute atomic E-state index is 13.0. The Bertz CT molecular complexity index is 1330. The number of rotatable bonds is 7.